The Kier molecular flexibility index (Phi) is 4.05. The van der Waals surface area contributed by atoms with Crippen LogP contribution in [0, 0.1) is 13.8 Å². The van der Waals surface area contributed by atoms with Crippen molar-refractivity contribution in [2.45, 2.75) is 13.8 Å². The Morgan fingerprint density at radius 3 is 2.77 bits per heavy atom. The molecule has 4 rings (SSSR count). The van der Waals surface area contributed by atoms with Crippen molar-refractivity contribution in [1.29, 1.82) is 0 Å². The van der Waals surface area contributed by atoms with Gasteiger partial charge < -0.3 is 14.5 Å². The summed E-state index contributed by atoms with van der Waals surface area (Å²) in [5.74, 6) is 1.77. The van der Waals surface area contributed by atoms with E-state index < -0.39 is 0 Å². The maximum absolute atomic E-state index is 6.34. The average Bonchev–Trinajstić information content (AvgIpc) is 3.19. The van der Waals surface area contributed by atoms with E-state index in [0.717, 1.165) is 28.2 Å². The van der Waals surface area contributed by atoms with Gasteiger partial charge >= 0.3 is 0 Å². The van der Waals surface area contributed by atoms with Gasteiger partial charge in [-0.15, -0.1) is 0 Å². The fraction of sp³-hybridized carbons (Fsp3) is 0.158. The first-order valence-corrected chi connectivity index (χ1v) is 8.44. The molecule has 0 amide bonds. The molecule has 0 atom stereocenters. The fourth-order valence-electron chi connectivity index (χ4n) is 2.94. The highest BCUT2D eigenvalue weighted by atomic mass is 35.5. The molecule has 7 heteroatoms. The van der Waals surface area contributed by atoms with Gasteiger partial charge in [-0.3, -0.25) is 4.40 Å². The standard InChI is InChI=1S/C19H17ClN4O2/c1-11-6-15(20)19-23-12(2)18(24(19)10-11)13-7-17(21-8-13)26-14-4-5-16(25-3)22-9-14/h4-10,21H,1-3H3. The molecular formula is C19H17ClN4O2. The third kappa shape index (κ3) is 2.88. The van der Waals surface area contributed by atoms with Gasteiger partial charge in [-0.25, -0.2) is 9.97 Å². The lowest BCUT2D eigenvalue weighted by atomic mass is 10.2. The third-order valence-corrected chi connectivity index (χ3v) is 4.34. The third-order valence-electron chi connectivity index (χ3n) is 4.06. The minimum atomic E-state index is 0.540. The number of aryl methyl sites for hydroxylation is 2. The summed E-state index contributed by atoms with van der Waals surface area (Å²) in [4.78, 5) is 11.9. The number of halogens is 1. The van der Waals surface area contributed by atoms with Crippen molar-refractivity contribution in [2.24, 2.45) is 0 Å². The van der Waals surface area contributed by atoms with E-state index in [9.17, 15) is 0 Å². The molecule has 4 aromatic rings. The van der Waals surface area contributed by atoms with Crippen LogP contribution in [-0.2, 0) is 0 Å². The number of nitrogens with zero attached hydrogens (tertiary/aromatic N) is 3. The highest BCUT2D eigenvalue weighted by Gasteiger charge is 2.15. The smallest absolute Gasteiger partial charge is 0.213 e. The molecule has 4 aromatic heterocycles. The SMILES string of the molecule is COc1ccc(Oc2cc(-c3c(C)nc4c(Cl)cc(C)cn34)c[nH]2)cn1. The molecule has 0 radical (unpaired) electrons. The van der Waals surface area contributed by atoms with Crippen LogP contribution in [-0.4, -0.2) is 26.5 Å². The van der Waals surface area contributed by atoms with Crippen LogP contribution in [0.3, 0.4) is 0 Å². The molecule has 0 aromatic carbocycles. The molecule has 6 nitrogen and oxygen atoms in total. The molecular weight excluding hydrogens is 352 g/mol. The predicted octanol–water partition coefficient (Wildman–Crippen LogP) is 4.80. The number of aromatic nitrogens is 4. The molecule has 0 aliphatic heterocycles. The van der Waals surface area contributed by atoms with E-state index >= 15 is 0 Å². The summed E-state index contributed by atoms with van der Waals surface area (Å²) in [6.07, 6.45) is 5.53. The zero-order chi connectivity index (χ0) is 18.3. The van der Waals surface area contributed by atoms with Gasteiger partial charge in [-0.2, -0.15) is 0 Å². The van der Waals surface area contributed by atoms with Crippen molar-refractivity contribution in [1.82, 2.24) is 19.4 Å². The minimum absolute atomic E-state index is 0.540. The molecule has 0 unspecified atom stereocenters. The number of hydrogen-bond acceptors (Lipinski definition) is 4. The highest BCUT2D eigenvalue weighted by Crippen LogP contribution is 2.32. The first-order valence-electron chi connectivity index (χ1n) is 8.06. The number of fused-ring (bicyclic) bond motifs is 1. The van der Waals surface area contributed by atoms with Crippen LogP contribution in [0.4, 0.5) is 0 Å². The molecule has 0 saturated heterocycles. The van der Waals surface area contributed by atoms with Crippen molar-refractivity contribution in [3.8, 4) is 28.8 Å². The van der Waals surface area contributed by atoms with Gasteiger partial charge in [-0.05, 0) is 31.5 Å². The van der Waals surface area contributed by atoms with Crippen molar-refractivity contribution >= 4 is 17.2 Å². The summed E-state index contributed by atoms with van der Waals surface area (Å²) in [6.45, 7) is 3.97. The van der Waals surface area contributed by atoms with Crippen molar-refractivity contribution in [2.75, 3.05) is 7.11 Å². The van der Waals surface area contributed by atoms with Crippen LogP contribution in [0.2, 0.25) is 5.02 Å². The predicted molar refractivity (Wildman–Crippen MR) is 100 cm³/mol. The number of H-pyrrole nitrogens is 1. The molecule has 0 fully saturated rings. The molecule has 0 aliphatic rings. The lowest BCUT2D eigenvalue weighted by Gasteiger charge is -2.04. The van der Waals surface area contributed by atoms with Crippen LogP contribution in [0.1, 0.15) is 11.3 Å². The fourth-order valence-corrected chi connectivity index (χ4v) is 3.24. The lowest BCUT2D eigenvalue weighted by molar-refractivity contribution is 0.394. The van der Waals surface area contributed by atoms with E-state index in [1.54, 1.807) is 25.4 Å². The number of pyridine rings is 2. The molecule has 0 saturated carbocycles. The van der Waals surface area contributed by atoms with E-state index in [2.05, 4.69) is 15.0 Å². The number of rotatable bonds is 4. The van der Waals surface area contributed by atoms with Gasteiger partial charge in [-0.1, -0.05) is 11.6 Å². The average molecular weight is 369 g/mol. The second-order valence-electron chi connectivity index (χ2n) is 6.00. The Morgan fingerprint density at radius 2 is 2.04 bits per heavy atom. The lowest BCUT2D eigenvalue weighted by Crippen LogP contribution is -1.90. The second-order valence-corrected chi connectivity index (χ2v) is 6.40. The topological polar surface area (TPSA) is 64.4 Å². The molecule has 0 bridgehead atoms. The maximum Gasteiger partial charge on any atom is 0.213 e. The van der Waals surface area contributed by atoms with E-state index in [1.165, 1.54) is 0 Å². The van der Waals surface area contributed by atoms with Crippen LogP contribution >= 0.6 is 11.6 Å². The van der Waals surface area contributed by atoms with Gasteiger partial charge in [0.2, 0.25) is 5.88 Å². The number of nitrogens with one attached hydrogen (secondary N) is 1. The van der Waals surface area contributed by atoms with Gasteiger partial charge in [0.15, 0.2) is 11.5 Å². The van der Waals surface area contributed by atoms with Gasteiger partial charge in [0, 0.05) is 30.1 Å². The number of imidazole rings is 1. The summed E-state index contributed by atoms with van der Waals surface area (Å²) < 4.78 is 12.9. The molecule has 132 valence electrons. The molecule has 26 heavy (non-hydrogen) atoms. The minimum Gasteiger partial charge on any atom is -0.481 e. The first-order chi connectivity index (χ1) is 12.5. The normalized spacial score (nSPS) is 11.1. The Balaban J connectivity index is 1.69. The number of aromatic amines is 1. The van der Waals surface area contributed by atoms with Crippen LogP contribution in [0.25, 0.3) is 16.9 Å². The summed E-state index contributed by atoms with van der Waals surface area (Å²) in [5, 5.41) is 0.635. The van der Waals surface area contributed by atoms with E-state index in [-0.39, 0.29) is 0 Å². The quantitative estimate of drug-likeness (QED) is 0.562. The van der Waals surface area contributed by atoms with Gasteiger partial charge in [0.25, 0.3) is 0 Å². The second kappa shape index (κ2) is 6.38. The number of ether oxygens (including phenoxy) is 2. The highest BCUT2D eigenvalue weighted by molar-refractivity contribution is 6.33. The van der Waals surface area contributed by atoms with Crippen molar-refractivity contribution in [3.05, 3.63) is 59.1 Å². The van der Waals surface area contributed by atoms with Gasteiger partial charge in [0.05, 0.1) is 29.7 Å². The van der Waals surface area contributed by atoms with Crippen molar-refractivity contribution in [3.63, 3.8) is 0 Å². The maximum atomic E-state index is 6.34. The molecule has 1 N–H and O–H groups in total. The summed E-state index contributed by atoms with van der Waals surface area (Å²) in [6, 6.07) is 7.39. The van der Waals surface area contributed by atoms with Gasteiger partial charge in [0.1, 0.15) is 5.75 Å². The molecule has 0 spiro atoms. The molecule has 0 aliphatic carbocycles. The van der Waals surface area contributed by atoms with Crippen LogP contribution < -0.4 is 9.47 Å². The monoisotopic (exact) mass is 368 g/mol. The summed E-state index contributed by atoms with van der Waals surface area (Å²) >= 11 is 6.34. The van der Waals surface area contributed by atoms with Crippen LogP contribution in [0.15, 0.2) is 42.9 Å². The Morgan fingerprint density at radius 1 is 1.19 bits per heavy atom. The Labute approximate surface area is 155 Å². The van der Waals surface area contributed by atoms with E-state index in [1.807, 2.05) is 42.8 Å². The zero-order valence-corrected chi connectivity index (χ0v) is 15.3. The molecule has 4 heterocycles. The summed E-state index contributed by atoms with van der Waals surface area (Å²) in [5.41, 5.74) is 4.65. The Bertz CT molecular complexity index is 1080. The first kappa shape index (κ1) is 16.5. The van der Waals surface area contributed by atoms with E-state index in [0.29, 0.717) is 22.5 Å². The Hall–Kier alpha value is -2.99. The largest absolute Gasteiger partial charge is 0.481 e. The van der Waals surface area contributed by atoms with Crippen molar-refractivity contribution < 1.29 is 9.47 Å². The number of hydrogen-bond donors (Lipinski definition) is 1. The zero-order valence-electron chi connectivity index (χ0n) is 14.6. The van der Waals surface area contributed by atoms with E-state index in [4.69, 9.17) is 21.1 Å². The van der Waals surface area contributed by atoms with Crippen LogP contribution in [0.5, 0.6) is 17.5 Å². The summed E-state index contributed by atoms with van der Waals surface area (Å²) in [7, 11) is 1.58. The number of methoxy groups -OCH3 is 1.